The zero-order valence-corrected chi connectivity index (χ0v) is 9.79. The van der Waals surface area contributed by atoms with Gasteiger partial charge in [-0.05, 0) is 55.8 Å². The fourth-order valence-corrected chi connectivity index (χ4v) is 2.75. The second kappa shape index (κ2) is 4.80. The van der Waals surface area contributed by atoms with Crippen molar-refractivity contribution >= 4 is 0 Å². The van der Waals surface area contributed by atoms with Crippen LogP contribution in [0.5, 0.6) is 0 Å². The normalized spacial score (nSPS) is 24.9. The molecule has 1 aliphatic carbocycles. The molecular weight excluding hydrogens is 182 g/mol. The molecule has 0 bridgehead atoms. The van der Waals surface area contributed by atoms with E-state index < -0.39 is 0 Å². The molecule has 2 unspecified atom stereocenters. The molecule has 1 nitrogen and oxygen atoms in total. The van der Waals surface area contributed by atoms with E-state index in [-0.39, 0.29) is 0 Å². The Bertz CT molecular complexity index is 319. The maximum absolute atomic E-state index is 3.27. The molecule has 1 aromatic carbocycles. The summed E-state index contributed by atoms with van der Waals surface area (Å²) >= 11 is 0. The molecular formula is C14H21N. The fourth-order valence-electron chi connectivity index (χ4n) is 2.75. The van der Waals surface area contributed by atoms with Crippen molar-refractivity contribution in [3.63, 3.8) is 0 Å². The van der Waals surface area contributed by atoms with Gasteiger partial charge in [0.1, 0.15) is 0 Å². The van der Waals surface area contributed by atoms with Gasteiger partial charge in [0, 0.05) is 0 Å². The number of rotatable bonds is 3. The minimum Gasteiger partial charge on any atom is -0.320 e. The maximum Gasteiger partial charge on any atom is -0.00460 e. The molecule has 82 valence electrons. The van der Waals surface area contributed by atoms with E-state index in [2.05, 4.69) is 36.5 Å². The molecule has 1 heteroatoms. The lowest BCUT2D eigenvalue weighted by molar-refractivity contribution is 0.381. The van der Waals surface area contributed by atoms with Crippen LogP contribution in [0.2, 0.25) is 0 Å². The van der Waals surface area contributed by atoms with Crippen LogP contribution < -0.4 is 5.32 Å². The van der Waals surface area contributed by atoms with Crippen LogP contribution in [-0.2, 0) is 6.42 Å². The highest BCUT2D eigenvalue weighted by Gasteiger charge is 2.25. The van der Waals surface area contributed by atoms with E-state index in [1.165, 1.54) is 19.3 Å². The van der Waals surface area contributed by atoms with E-state index in [1.807, 2.05) is 7.05 Å². The summed E-state index contributed by atoms with van der Waals surface area (Å²) in [5.74, 6) is 1.61. The number of hydrogen-bond donors (Lipinski definition) is 1. The fraction of sp³-hybridized carbons (Fsp3) is 0.571. The third-order valence-electron chi connectivity index (χ3n) is 3.72. The molecule has 1 aliphatic rings. The van der Waals surface area contributed by atoms with Crippen molar-refractivity contribution in [1.82, 2.24) is 5.32 Å². The number of aryl methyl sites for hydroxylation is 1. The molecule has 0 radical (unpaired) electrons. The second-order valence-electron chi connectivity index (χ2n) is 4.71. The van der Waals surface area contributed by atoms with Gasteiger partial charge in [-0.1, -0.05) is 31.2 Å². The van der Waals surface area contributed by atoms with Crippen molar-refractivity contribution in [3.8, 4) is 0 Å². The van der Waals surface area contributed by atoms with Crippen LogP contribution in [0.1, 0.15) is 36.8 Å². The lowest BCUT2D eigenvalue weighted by atomic mass is 9.74. The van der Waals surface area contributed by atoms with Crippen LogP contribution in [0.3, 0.4) is 0 Å². The Labute approximate surface area is 92.9 Å². The van der Waals surface area contributed by atoms with Crippen LogP contribution in [0.4, 0.5) is 0 Å². The summed E-state index contributed by atoms with van der Waals surface area (Å²) in [6.45, 7) is 3.53. The highest BCUT2D eigenvalue weighted by molar-refractivity contribution is 5.33. The van der Waals surface area contributed by atoms with Gasteiger partial charge in [0.05, 0.1) is 0 Å². The summed E-state index contributed by atoms with van der Waals surface area (Å²) in [5.41, 5.74) is 3.18. The summed E-state index contributed by atoms with van der Waals surface area (Å²) < 4.78 is 0. The van der Waals surface area contributed by atoms with Crippen molar-refractivity contribution in [2.24, 2.45) is 5.92 Å². The van der Waals surface area contributed by atoms with Gasteiger partial charge >= 0.3 is 0 Å². The van der Waals surface area contributed by atoms with Gasteiger partial charge in [0.25, 0.3) is 0 Å². The summed E-state index contributed by atoms with van der Waals surface area (Å²) in [5, 5.41) is 3.27. The molecule has 2 atom stereocenters. The first-order valence-corrected chi connectivity index (χ1v) is 6.05. The molecule has 0 heterocycles. The van der Waals surface area contributed by atoms with Gasteiger partial charge in [-0.15, -0.1) is 0 Å². The molecule has 0 spiro atoms. The molecule has 15 heavy (non-hydrogen) atoms. The topological polar surface area (TPSA) is 12.0 Å². The highest BCUT2D eigenvalue weighted by atomic mass is 14.8. The van der Waals surface area contributed by atoms with Gasteiger partial charge < -0.3 is 5.32 Å². The molecule has 0 fully saturated rings. The van der Waals surface area contributed by atoms with E-state index in [1.54, 1.807) is 11.1 Å². The Morgan fingerprint density at radius 2 is 2.13 bits per heavy atom. The predicted octanol–water partition coefficient (Wildman–Crippen LogP) is 2.96. The van der Waals surface area contributed by atoms with Gasteiger partial charge in [-0.2, -0.15) is 0 Å². The Hall–Kier alpha value is -0.820. The minimum atomic E-state index is 0.766. The first-order chi connectivity index (χ1) is 7.33. The van der Waals surface area contributed by atoms with E-state index in [0.29, 0.717) is 0 Å². The van der Waals surface area contributed by atoms with Crippen LogP contribution in [0.25, 0.3) is 0 Å². The smallest absolute Gasteiger partial charge is 0.00460 e. The number of fused-ring (bicyclic) bond motifs is 1. The molecule has 0 amide bonds. The standard InChI is InChI=1S/C14H21N/c1-11-7-8-12-5-3-4-6-14(12)13(11)9-10-15-2/h3-6,11,13,15H,7-10H2,1-2H3. The predicted molar refractivity (Wildman–Crippen MR) is 65.2 cm³/mol. The van der Waals surface area contributed by atoms with Crippen molar-refractivity contribution in [2.75, 3.05) is 13.6 Å². The number of hydrogen-bond acceptors (Lipinski definition) is 1. The largest absolute Gasteiger partial charge is 0.320 e. The monoisotopic (exact) mass is 203 g/mol. The van der Waals surface area contributed by atoms with Crippen molar-refractivity contribution < 1.29 is 0 Å². The molecule has 2 rings (SSSR count). The zero-order valence-electron chi connectivity index (χ0n) is 9.79. The van der Waals surface area contributed by atoms with Crippen molar-refractivity contribution in [2.45, 2.75) is 32.1 Å². The van der Waals surface area contributed by atoms with Crippen LogP contribution in [-0.4, -0.2) is 13.6 Å². The third-order valence-corrected chi connectivity index (χ3v) is 3.72. The van der Waals surface area contributed by atoms with Crippen molar-refractivity contribution in [1.29, 1.82) is 0 Å². The SMILES string of the molecule is CNCCC1c2ccccc2CCC1C. The third kappa shape index (κ3) is 2.23. The molecule has 0 saturated carbocycles. The number of nitrogens with one attached hydrogen (secondary N) is 1. The maximum atomic E-state index is 3.27. The van der Waals surface area contributed by atoms with Crippen LogP contribution in [0, 0.1) is 5.92 Å². The van der Waals surface area contributed by atoms with Gasteiger partial charge in [0.2, 0.25) is 0 Å². The summed E-state index contributed by atoms with van der Waals surface area (Å²) in [6.07, 6.45) is 3.90. The van der Waals surface area contributed by atoms with E-state index in [4.69, 9.17) is 0 Å². The molecule has 1 aromatic rings. The number of benzene rings is 1. The average molecular weight is 203 g/mol. The van der Waals surface area contributed by atoms with Crippen LogP contribution in [0.15, 0.2) is 24.3 Å². The molecule has 0 aliphatic heterocycles. The first-order valence-electron chi connectivity index (χ1n) is 6.05. The average Bonchev–Trinajstić information content (AvgIpc) is 2.28. The second-order valence-corrected chi connectivity index (χ2v) is 4.71. The summed E-state index contributed by atoms with van der Waals surface area (Å²) in [4.78, 5) is 0. The summed E-state index contributed by atoms with van der Waals surface area (Å²) in [6, 6.07) is 8.98. The quantitative estimate of drug-likeness (QED) is 0.796. The van der Waals surface area contributed by atoms with Gasteiger partial charge in [0.15, 0.2) is 0 Å². The van der Waals surface area contributed by atoms with E-state index >= 15 is 0 Å². The zero-order chi connectivity index (χ0) is 10.7. The Balaban J connectivity index is 2.21. The van der Waals surface area contributed by atoms with Crippen LogP contribution >= 0.6 is 0 Å². The van der Waals surface area contributed by atoms with Gasteiger partial charge in [-0.3, -0.25) is 0 Å². The molecule has 1 N–H and O–H groups in total. The molecule has 0 saturated heterocycles. The highest BCUT2D eigenvalue weighted by Crippen LogP contribution is 2.37. The lowest BCUT2D eigenvalue weighted by Crippen LogP contribution is -2.22. The Morgan fingerprint density at radius 3 is 2.93 bits per heavy atom. The Kier molecular flexibility index (Phi) is 3.42. The summed E-state index contributed by atoms with van der Waals surface area (Å²) in [7, 11) is 2.04. The van der Waals surface area contributed by atoms with E-state index in [9.17, 15) is 0 Å². The Morgan fingerprint density at radius 1 is 1.33 bits per heavy atom. The molecule has 0 aromatic heterocycles. The minimum absolute atomic E-state index is 0.766. The van der Waals surface area contributed by atoms with Gasteiger partial charge in [-0.25, -0.2) is 0 Å². The first kappa shape index (κ1) is 10.7. The van der Waals surface area contributed by atoms with E-state index in [0.717, 1.165) is 18.4 Å². The van der Waals surface area contributed by atoms with Crippen molar-refractivity contribution in [3.05, 3.63) is 35.4 Å². The lowest BCUT2D eigenvalue weighted by Gasteiger charge is -2.31.